The average molecular weight is 1050 g/mol. The van der Waals surface area contributed by atoms with Crippen molar-refractivity contribution in [1.82, 2.24) is 0 Å². The van der Waals surface area contributed by atoms with E-state index in [1.54, 1.807) is 0 Å². The molecule has 2 saturated heterocycles. The number of halogens is 18. The van der Waals surface area contributed by atoms with Gasteiger partial charge in [0.1, 0.15) is 0 Å². The average Bonchev–Trinajstić information content (AvgIpc) is 3.67. The Hall–Kier alpha value is -0.342. The monoisotopic (exact) mass is 1050 g/mol. The van der Waals surface area contributed by atoms with Gasteiger partial charge < -0.3 is 81.7 Å². The summed E-state index contributed by atoms with van der Waals surface area (Å²) < 4.78 is 202. The summed E-state index contributed by atoms with van der Waals surface area (Å²) in [5.41, 5.74) is 0. The molecule has 0 aromatic rings. The molecule has 2 aliphatic heterocycles. The van der Waals surface area contributed by atoms with Gasteiger partial charge in [0.25, 0.3) is 37.7 Å². The molecule has 17 N–H and O–H groups in total. The Morgan fingerprint density at radius 3 is 0.386 bits per heavy atom. The van der Waals surface area contributed by atoms with Crippen molar-refractivity contribution in [3.63, 3.8) is 0 Å². The first-order chi connectivity index (χ1) is 22.7. The van der Waals surface area contributed by atoms with E-state index in [4.69, 9.17) is 70.8 Å². The van der Waals surface area contributed by atoms with Crippen LogP contribution in [0.4, 0.5) is 79.0 Å². The fourth-order valence-electron chi connectivity index (χ4n) is 1.02. The molecule has 0 aromatic heterocycles. The minimum Gasteiger partial charge on any atom is -0.457 e. The Labute approximate surface area is 338 Å². The Kier molecular flexibility index (Phi) is 60.6. The van der Waals surface area contributed by atoms with Crippen LogP contribution in [-0.2, 0) is 66.2 Å². The van der Waals surface area contributed by atoms with Crippen molar-refractivity contribution >= 4 is 0 Å². The molecular formula is C20H39CuF18Fe2O16+. The largest absolute Gasteiger partial charge is 0.457 e. The van der Waals surface area contributed by atoms with Crippen molar-refractivity contribution in [3.05, 3.63) is 0 Å². The molecule has 2 fully saturated rings. The summed E-state index contributed by atoms with van der Waals surface area (Å²) in [5.74, 6) is 0. The number of ether oxygens (including phenoxy) is 2. The summed E-state index contributed by atoms with van der Waals surface area (Å²) in [6, 6.07) is 0. The summed E-state index contributed by atoms with van der Waals surface area (Å²) >= 11 is 0. The Morgan fingerprint density at radius 1 is 0.298 bits per heavy atom. The zero-order valence-electron chi connectivity index (χ0n) is 27.2. The van der Waals surface area contributed by atoms with Gasteiger partial charge in [-0.3, -0.25) is 0 Å². The van der Waals surface area contributed by atoms with Gasteiger partial charge >= 0.3 is 37.1 Å². The van der Waals surface area contributed by atoms with Crippen LogP contribution in [0.1, 0.15) is 25.7 Å². The zero-order valence-corrected chi connectivity index (χ0v) is 30.3. The Bertz CT molecular complexity index is 631. The van der Waals surface area contributed by atoms with E-state index in [-0.39, 0.29) is 62.2 Å². The molecule has 0 spiro atoms. The van der Waals surface area contributed by atoms with E-state index < -0.39 is 74.8 Å². The molecule has 0 amide bonds. The van der Waals surface area contributed by atoms with Gasteiger partial charge in [0.05, 0.1) is 0 Å². The molecule has 0 aliphatic carbocycles. The predicted molar refractivity (Wildman–Crippen MR) is 134 cm³/mol. The topological polar surface area (TPSA) is 326 Å². The maximum absolute atomic E-state index is 10.7. The normalized spacial score (nSPS) is 13.7. The Morgan fingerprint density at radius 2 is 0.368 bits per heavy atom. The van der Waals surface area contributed by atoms with Gasteiger partial charge in [-0.05, 0) is 25.7 Å². The van der Waals surface area contributed by atoms with Crippen LogP contribution in [0.2, 0.25) is 0 Å². The molecule has 2 heterocycles. The van der Waals surface area contributed by atoms with Crippen LogP contribution < -0.4 is 0 Å². The molecule has 2 rings (SSSR count). The van der Waals surface area contributed by atoms with Gasteiger partial charge in [0.15, 0.2) is 0 Å². The van der Waals surface area contributed by atoms with E-state index >= 15 is 0 Å². The van der Waals surface area contributed by atoms with Gasteiger partial charge in [-0.25, -0.2) is 0 Å². The van der Waals surface area contributed by atoms with E-state index in [9.17, 15) is 79.0 Å². The third-order valence-electron chi connectivity index (χ3n) is 3.41. The van der Waals surface area contributed by atoms with Crippen LogP contribution >= 0.6 is 0 Å². The Balaban J connectivity index is -0.0000000466. The first kappa shape index (κ1) is 84.2. The number of aliphatic hydroxyl groups excluding tert-OH is 6. The maximum atomic E-state index is 10.7. The first-order valence-corrected chi connectivity index (χ1v) is 12.4. The maximum Gasteiger partial charge on any atom is 0.439 e. The third kappa shape index (κ3) is 76.9. The SMILES string of the molecule is C1CCOC1.C1CCOC1.O.OC(O)C(F)(F)F.OC(O)C(F)(F)F.OC(O)C(F)(F)F.OC(O)C(F)(F)F.OC(O)C(F)(F)F.OC(O)C(F)(F)F.[Cu].[Fe].[Fe].[OH3+]. The zero-order chi connectivity index (χ0) is 43.5. The molecule has 0 bridgehead atoms. The van der Waals surface area contributed by atoms with Gasteiger partial charge in [-0.15, -0.1) is 0 Å². The number of alkyl halides is 18. The smallest absolute Gasteiger partial charge is 0.439 e. The second-order valence-corrected chi connectivity index (χ2v) is 8.13. The molecule has 16 nitrogen and oxygen atoms in total. The fraction of sp³-hybridized carbons (Fsp3) is 1.00. The minimum atomic E-state index is -4.89. The summed E-state index contributed by atoms with van der Waals surface area (Å²) in [7, 11) is 0. The van der Waals surface area contributed by atoms with Crippen molar-refractivity contribution in [1.29, 1.82) is 0 Å². The van der Waals surface area contributed by atoms with Crippen LogP contribution in [0.15, 0.2) is 0 Å². The van der Waals surface area contributed by atoms with Crippen LogP contribution in [0.3, 0.4) is 0 Å². The standard InChI is InChI=1S/2C4H8O.6C2H3F3O2.Cu.2Fe.2H2O/c2*1-2-4-5-3-1;6*3-2(4,5)1(6)7;;;;;/h2*1-4H2;6*1,6-7H;;;;2*1H2/p+1. The van der Waals surface area contributed by atoms with Crippen molar-refractivity contribution in [3.8, 4) is 0 Å². The van der Waals surface area contributed by atoms with Gasteiger partial charge in [0, 0.05) is 77.6 Å². The summed E-state index contributed by atoms with van der Waals surface area (Å²) in [6.07, 6.45) is -43.4. The van der Waals surface area contributed by atoms with Crippen LogP contribution in [0.5, 0.6) is 0 Å². The van der Waals surface area contributed by atoms with Crippen molar-refractivity contribution in [2.45, 2.75) is 100 Å². The summed E-state index contributed by atoms with van der Waals surface area (Å²) in [4.78, 5) is 0. The van der Waals surface area contributed by atoms with E-state index in [0.717, 1.165) is 26.4 Å². The minimum absolute atomic E-state index is 0. The molecule has 37 heteroatoms. The first-order valence-electron chi connectivity index (χ1n) is 12.4. The predicted octanol–water partition coefficient (Wildman–Crippen LogP) is -1.00. The molecule has 2 aliphatic rings. The molecule has 0 atom stereocenters. The molecule has 367 valence electrons. The number of hydrogen-bond donors (Lipinski definition) is 12. The number of aliphatic hydroxyl groups is 12. The molecule has 1 radical (unpaired) electrons. The third-order valence-corrected chi connectivity index (χ3v) is 3.41. The van der Waals surface area contributed by atoms with Gasteiger partial charge in [0.2, 0.25) is 0 Å². The van der Waals surface area contributed by atoms with E-state index in [0.29, 0.717) is 0 Å². The van der Waals surface area contributed by atoms with Crippen LogP contribution in [-0.4, -0.2) is 168 Å². The quantitative estimate of drug-likeness (QED) is 0.0600. The number of rotatable bonds is 0. The fourth-order valence-corrected chi connectivity index (χ4v) is 1.02. The molecule has 57 heavy (non-hydrogen) atoms. The van der Waals surface area contributed by atoms with Crippen molar-refractivity contribution < 1.29 is 212 Å². The summed E-state index contributed by atoms with van der Waals surface area (Å²) in [5, 5.41) is 87.8. The van der Waals surface area contributed by atoms with Crippen LogP contribution in [0.25, 0.3) is 0 Å². The van der Waals surface area contributed by atoms with Gasteiger partial charge in [-0.2, -0.15) is 79.0 Å². The second kappa shape index (κ2) is 41.0. The molecule has 0 saturated carbocycles. The molecule has 0 unspecified atom stereocenters. The van der Waals surface area contributed by atoms with E-state index in [1.807, 2.05) is 0 Å². The van der Waals surface area contributed by atoms with Crippen molar-refractivity contribution in [2.24, 2.45) is 0 Å². The second-order valence-electron chi connectivity index (χ2n) is 8.13. The van der Waals surface area contributed by atoms with E-state index in [2.05, 4.69) is 0 Å². The molecule has 0 aromatic carbocycles. The van der Waals surface area contributed by atoms with Gasteiger partial charge in [-0.1, -0.05) is 0 Å². The molecular weight excluding hydrogens is 1010 g/mol. The van der Waals surface area contributed by atoms with E-state index in [1.165, 1.54) is 25.7 Å². The van der Waals surface area contributed by atoms with Crippen LogP contribution in [0, 0.1) is 0 Å². The summed E-state index contributed by atoms with van der Waals surface area (Å²) in [6.45, 7) is 4.00. The van der Waals surface area contributed by atoms with Crippen molar-refractivity contribution in [2.75, 3.05) is 26.4 Å². The number of hydrogen-bond acceptors (Lipinski definition) is 14.